The van der Waals surface area contributed by atoms with E-state index in [9.17, 15) is 28.1 Å². The fourth-order valence-corrected chi connectivity index (χ4v) is 3.02. The van der Waals surface area contributed by atoms with Gasteiger partial charge in [-0.2, -0.15) is 13.2 Å². The monoisotopic (exact) mass is 421 g/mol. The van der Waals surface area contributed by atoms with E-state index in [2.05, 4.69) is 21.5 Å². The van der Waals surface area contributed by atoms with Crippen molar-refractivity contribution < 1.29 is 27.6 Å². The summed E-state index contributed by atoms with van der Waals surface area (Å²) in [5, 5.41) is 14.7. The number of nitrogens with one attached hydrogen (secondary N) is 1. The van der Waals surface area contributed by atoms with E-state index < -0.39 is 34.9 Å². The number of aromatic nitrogens is 1. The smallest absolute Gasteiger partial charge is 0.422 e. The van der Waals surface area contributed by atoms with Crippen molar-refractivity contribution in [1.82, 2.24) is 4.57 Å². The SMILES string of the molecule is CCCn1ccc2cc(NC(=O)c3cc(OCC(F)(F)F)ccc3[N+](=O)[O-])ccc21. The molecule has 30 heavy (non-hydrogen) atoms. The second kappa shape index (κ2) is 8.44. The summed E-state index contributed by atoms with van der Waals surface area (Å²) >= 11 is 0. The third kappa shape index (κ3) is 4.88. The van der Waals surface area contributed by atoms with Gasteiger partial charge in [-0.3, -0.25) is 14.9 Å². The minimum atomic E-state index is -4.58. The molecule has 0 aliphatic heterocycles. The van der Waals surface area contributed by atoms with Crippen LogP contribution in [-0.4, -0.2) is 28.2 Å². The van der Waals surface area contributed by atoms with Gasteiger partial charge in [0.15, 0.2) is 6.61 Å². The maximum atomic E-state index is 12.6. The summed E-state index contributed by atoms with van der Waals surface area (Å²) in [6, 6.07) is 9.96. The van der Waals surface area contributed by atoms with Crippen LogP contribution in [0.4, 0.5) is 24.5 Å². The highest BCUT2D eigenvalue weighted by molar-refractivity contribution is 6.08. The van der Waals surface area contributed by atoms with Gasteiger partial charge in [0.1, 0.15) is 11.3 Å². The third-order valence-corrected chi connectivity index (χ3v) is 4.31. The first-order valence-corrected chi connectivity index (χ1v) is 9.06. The number of hydrogen-bond acceptors (Lipinski definition) is 4. The molecule has 0 aliphatic rings. The van der Waals surface area contributed by atoms with Gasteiger partial charge >= 0.3 is 6.18 Å². The molecule has 1 heterocycles. The number of carbonyl (C=O) groups excluding carboxylic acids is 1. The number of anilines is 1. The number of hydrogen-bond donors (Lipinski definition) is 1. The van der Waals surface area contributed by atoms with Crippen LogP contribution >= 0.6 is 0 Å². The molecule has 1 N–H and O–H groups in total. The first kappa shape index (κ1) is 21.2. The number of nitrogens with zero attached hydrogens (tertiary/aromatic N) is 2. The summed E-state index contributed by atoms with van der Waals surface area (Å²) in [5.41, 5.74) is 0.436. The highest BCUT2D eigenvalue weighted by Crippen LogP contribution is 2.27. The number of fused-ring (bicyclic) bond motifs is 1. The lowest BCUT2D eigenvalue weighted by atomic mass is 10.1. The van der Waals surface area contributed by atoms with Crippen LogP contribution in [0.15, 0.2) is 48.7 Å². The average molecular weight is 421 g/mol. The van der Waals surface area contributed by atoms with E-state index in [-0.39, 0.29) is 5.75 Å². The Kier molecular flexibility index (Phi) is 5.95. The Balaban J connectivity index is 1.86. The number of amides is 1. The van der Waals surface area contributed by atoms with Gasteiger partial charge < -0.3 is 14.6 Å². The molecule has 0 saturated carbocycles. The van der Waals surface area contributed by atoms with Crippen LogP contribution in [0.3, 0.4) is 0 Å². The summed E-state index contributed by atoms with van der Waals surface area (Å²) in [5.74, 6) is -1.12. The Bertz CT molecular complexity index is 1090. The molecule has 0 fully saturated rings. The molecule has 3 aromatic rings. The van der Waals surface area contributed by atoms with Crippen molar-refractivity contribution in [2.45, 2.75) is 26.1 Å². The first-order chi connectivity index (χ1) is 14.2. The zero-order valence-corrected chi connectivity index (χ0v) is 15.9. The number of rotatable bonds is 7. The number of ether oxygens (including phenoxy) is 1. The topological polar surface area (TPSA) is 86.4 Å². The van der Waals surface area contributed by atoms with E-state index in [1.807, 2.05) is 18.3 Å². The van der Waals surface area contributed by atoms with Crippen molar-refractivity contribution >= 4 is 28.2 Å². The minimum absolute atomic E-state index is 0.296. The zero-order valence-electron chi connectivity index (χ0n) is 15.9. The summed E-state index contributed by atoms with van der Waals surface area (Å²) in [6.07, 6.45) is -1.70. The van der Waals surface area contributed by atoms with Crippen LogP contribution in [0.1, 0.15) is 23.7 Å². The van der Waals surface area contributed by atoms with E-state index in [4.69, 9.17) is 0 Å². The average Bonchev–Trinajstić information content (AvgIpc) is 3.08. The molecule has 7 nitrogen and oxygen atoms in total. The predicted molar refractivity (Wildman–Crippen MR) is 105 cm³/mol. The number of nitro benzene ring substituents is 1. The number of carbonyl (C=O) groups is 1. The zero-order chi connectivity index (χ0) is 21.9. The van der Waals surface area contributed by atoms with Crippen molar-refractivity contribution in [3.63, 3.8) is 0 Å². The van der Waals surface area contributed by atoms with Crippen molar-refractivity contribution in [2.24, 2.45) is 0 Å². The Hall–Kier alpha value is -3.56. The van der Waals surface area contributed by atoms with E-state index in [0.29, 0.717) is 5.69 Å². The van der Waals surface area contributed by atoms with E-state index in [0.717, 1.165) is 42.1 Å². The fourth-order valence-electron chi connectivity index (χ4n) is 3.02. The lowest BCUT2D eigenvalue weighted by Crippen LogP contribution is -2.20. The Morgan fingerprint density at radius 2 is 1.97 bits per heavy atom. The molecule has 0 unspecified atom stereocenters. The van der Waals surface area contributed by atoms with Crippen LogP contribution < -0.4 is 10.1 Å². The highest BCUT2D eigenvalue weighted by atomic mass is 19.4. The molecule has 10 heteroatoms. The molecule has 158 valence electrons. The molecule has 2 aromatic carbocycles. The Labute approximate surface area is 169 Å². The molecule has 0 radical (unpaired) electrons. The molecule has 0 saturated heterocycles. The van der Waals surface area contributed by atoms with Gasteiger partial charge in [0, 0.05) is 35.4 Å². The maximum Gasteiger partial charge on any atom is 0.422 e. The first-order valence-electron chi connectivity index (χ1n) is 9.06. The molecule has 3 rings (SSSR count). The van der Waals surface area contributed by atoms with Gasteiger partial charge in [-0.1, -0.05) is 6.92 Å². The molecule has 1 amide bonds. The lowest BCUT2D eigenvalue weighted by molar-refractivity contribution is -0.385. The minimum Gasteiger partial charge on any atom is -0.484 e. The quantitative estimate of drug-likeness (QED) is 0.422. The molecule has 0 bridgehead atoms. The largest absolute Gasteiger partial charge is 0.484 e. The summed E-state index contributed by atoms with van der Waals surface area (Å²) in [4.78, 5) is 23.1. The third-order valence-electron chi connectivity index (χ3n) is 4.31. The van der Waals surface area contributed by atoms with Crippen LogP contribution in [-0.2, 0) is 6.54 Å². The number of alkyl halides is 3. The molecule has 0 atom stereocenters. The standard InChI is InChI=1S/C20H18F3N3O4/c1-2-8-25-9-7-13-10-14(3-5-17(13)25)24-19(27)16-11-15(30-12-20(21,22)23)4-6-18(16)26(28)29/h3-7,9-11H,2,8,12H2,1H3,(H,24,27). The number of halogens is 3. The van der Waals surface area contributed by atoms with Crippen LogP contribution in [0, 0.1) is 10.1 Å². The lowest BCUT2D eigenvalue weighted by Gasteiger charge is -2.11. The molecule has 1 aromatic heterocycles. The second-order valence-electron chi connectivity index (χ2n) is 6.58. The van der Waals surface area contributed by atoms with Crippen LogP contribution in [0.2, 0.25) is 0 Å². The van der Waals surface area contributed by atoms with Gasteiger partial charge in [0.25, 0.3) is 11.6 Å². The summed E-state index contributed by atoms with van der Waals surface area (Å²) in [6.45, 7) is 1.32. The van der Waals surface area contributed by atoms with Crippen LogP contribution in [0.5, 0.6) is 5.75 Å². The van der Waals surface area contributed by atoms with E-state index in [1.54, 1.807) is 12.1 Å². The maximum absolute atomic E-state index is 12.6. The summed E-state index contributed by atoms with van der Waals surface area (Å²) < 4.78 is 43.7. The van der Waals surface area contributed by atoms with E-state index >= 15 is 0 Å². The summed E-state index contributed by atoms with van der Waals surface area (Å²) in [7, 11) is 0. The number of aryl methyl sites for hydroxylation is 1. The molecular weight excluding hydrogens is 403 g/mol. The Morgan fingerprint density at radius 1 is 1.20 bits per heavy atom. The van der Waals surface area contributed by atoms with Gasteiger partial charge in [-0.25, -0.2) is 0 Å². The second-order valence-corrected chi connectivity index (χ2v) is 6.58. The van der Waals surface area contributed by atoms with Crippen molar-refractivity contribution in [3.05, 3.63) is 64.3 Å². The number of nitro groups is 1. The normalized spacial score (nSPS) is 11.5. The Morgan fingerprint density at radius 3 is 2.63 bits per heavy atom. The van der Waals surface area contributed by atoms with Gasteiger partial charge in [0.2, 0.25) is 0 Å². The van der Waals surface area contributed by atoms with Crippen molar-refractivity contribution in [2.75, 3.05) is 11.9 Å². The highest BCUT2D eigenvalue weighted by Gasteiger charge is 2.29. The molecule has 0 aliphatic carbocycles. The predicted octanol–water partition coefficient (Wildman–Crippen LogP) is 5.15. The fraction of sp³-hybridized carbons (Fsp3) is 0.250. The van der Waals surface area contributed by atoms with Gasteiger partial charge in [-0.15, -0.1) is 0 Å². The van der Waals surface area contributed by atoms with Gasteiger partial charge in [-0.05, 0) is 42.8 Å². The van der Waals surface area contributed by atoms with Crippen molar-refractivity contribution in [3.8, 4) is 5.75 Å². The van der Waals surface area contributed by atoms with Gasteiger partial charge in [0.05, 0.1) is 4.92 Å². The molecule has 0 spiro atoms. The number of benzene rings is 2. The van der Waals surface area contributed by atoms with E-state index in [1.165, 1.54) is 0 Å². The van der Waals surface area contributed by atoms with Crippen molar-refractivity contribution in [1.29, 1.82) is 0 Å². The van der Waals surface area contributed by atoms with Crippen LogP contribution in [0.25, 0.3) is 10.9 Å². The molecular formula is C20H18F3N3O4.